The largest absolute Gasteiger partial charge is 0.488 e. The summed E-state index contributed by atoms with van der Waals surface area (Å²) in [6, 6.07) is 12.6. The first-order chi connectivity index (χ1) is 9.06. The van der Waals surface area contributed by atoms with Crippen LogP contribution in [0.1, 0.15) is 15.9 Å². The van der Waals surface area contributed by atoms with Crippen LogP contribution in [-0.2, 0) is 6.61 Å². The van der Waals surface area contributed by atoms with E-state index in [9.17, 15) is 4.79 Å². The van der Waals surface area contributed by atoms with E-state index < -0.39 is 5.91 Å². The Balaban J connectivity index is 2.15. The van der Waals surface area contributed by atoms with E-state index in [-0.39, 0.29) is 5.56 Å². The fraction of sp³-hybridized carbons (Fsp3) is 0.0714. The fourth-order valence-electron chi connectivity index (χ4n) is 1.61. The Morgan fingerprint density at radius 1 is 1.16 bits per heavy atom. The predicted molar refractivity (Wildman–Crippen MR) is 77.8 cm³/mol. The highest BCUT2D eigenvalue weighted by molar-refractivity contribution is 9.10. The van der Waals surface area contributed by atoms with E-state index in [1.807, 2.05) is 24.3 Å². The molecule has 0 heterocycles. The van der Waals surface area contributed by atoms with Gasteiger partial charge in [-0.1, -0.05) is 28.1 Å². The zero-order chi connectivity index (χ0) is 13.8. The normalized spacial score (nSPS) is 10.2. The van der Waals surface area contributed by atoms with Gasteiger partial charge in [0.05, 0.1) is 5.56 Å². The number of ether oxygens (including phenoxy) is 1. The Morgan fingerprint density at radius 2 is 1.84 bits per heavy atom. The summed E-state index contributed by atoms with van der Waals surface area (Å²) in [6.07, 6.45) is 0. The van der Waals surface area contributed by atoms with Crippen LogP contribution in [0.2, 0.25) is 0 Å². The van der Waals surface area contributed by atoms with Gasteiger partial charge in [-0.2, -0.15) is 0 Å². The topological polar surface area (TPSA) is 78.3 Å². The van der Waals surface area contributed by atoms with Gasteiger partial charge in [-0.15, -0.1) is 0 Å². The third kappa shape index (κ3) is 3.48. The van der Waals surface area contributed by atoms with Crippen molar-refractivity contribution in [3.63, 3.8) is 0 Å². The summed E-state index contributed by atoms with van der Waals surface area (Å²) in [7, 11) is 0. The zero-order valence-electron chi connectivity index (χ0n) is 10.1. The van der Waals surface area contributed by atoms with Crippen LogP contribution in [-0.4, -0.2) is 5.91 Å². The van der Waals surface area contributed by atoms with Crippen LogP contribution in [0, 0.1) is 0 Å². The summed E-state index contributed by atoms with van der Waals surface area (Å²) in [6.45, 7) is 0.359. The fourth-order valence-corrected chi connectivity index (χ4v) is 1.87. The van der Waals surface area contributed by atoms with Crippen molar-refractivity contribution in [3.8, 4) is 5.75 Å². The first-order valence-corrected chi connectivity index (χ1v) is 6.42. The molecular formula is C14H13BrN2O2. The molecule has 0 aliphatic heterocycles. The second kappa shape index (κ2) is 5.75. The van der Waals surface area contributed by atoms with Crippen LogP contribution in [0.15, 0.2) is 46.9 Å². The number of carbonyl (C=O) groups is 1. The van der Waals surface area contributed by atoms with Gasteiger partial charge in [0.1, 0.15) is 12.4 Å². The van der Waals surface area contributed by atoms with Crippen molar-refractivity contribution in [2.45, 2.75) is 6.61 Å². The van der Waals surface area contributed by atoms with Crippen molar-refractivity contribution in [2.24, 2.45) is 5.73 Å². The molecule has 0 spiro atoms. The van der Waals surface area contributed by atoms with Gasteiger partial charge in [0.2, 0.25) is 0 Å². The molecule has 0 aliphatic rings. The maximum atomic E-state index is 11.3. The summed E-state index contributed by atoms with van der Waals surface area (Å²) < 4.78 is 6.61. The lowest BCUT2D eigenvalue weighted by atomic mass is 10.1. The molecule has 0 fully saturated rings. The SMILES string of the molecule is NC(=O)c1cc(N)ccc1OCc1ccc(Br)cc1. The van der Waals surface area contributed by atoms with Crippen molar-refractivity contribution >= 4 is 27.5 Å². The lowest BCUT2D eigenvalue weighted by Crippen LogP contribution is -2.13. The Kier molecular flexibility index (Phi) is 4.06. The van der Waals surface area contributed by atoms with E-state index in [1.165, 1.54) is 6.07 Å². The number of primary amides is 1. The van der Waals surface area contributed by atoms with Gasteiger partial charge in [-0.05, 0) is 35.9 Å². The summed E-state index contributed by atoms with van der Waals surface area (Å²) in [5, 5.41) is 0. The molecule has 0 unspecified atom stereocenters. The Labute approximate surface area is 119 Å². The van der Waals surface area contributed by atoms with Crippen molar-refractivity contribution in [1.29, 1.82) is 0 Å². The van der Waals surface area contributed by atoms with Crippen LogP contribution in [0.25, 0.3) is 0 Å². The number of amides is 1. The molecule has 2 aromatic carbocycles. The van der Waals surface area contributed by atoms with Gasteiger partial charge in [0, 0.05) is 10.2 Å². The maximum absolute atomic E-state index is 11.3. The molecule has 1 amide bonds. The standard InChI is InChI=1S/C14H13BrN2O2/c15-10-3-1-9(2-4-10)8-19-13-6-5-11(16)7-12(13)14(17)18/h1-7H,8,16H2,(H2,17,18). The quantitative estimate of drug-likeness (QED) is 0.850. The van der Waals surface area contributed by atoms with Crippen molar-refractivity contribution < 1.29 is 9.53 Å². The molecule has 0 radical (unpaired) electrons. The Bertz CT molecular complexity index is 597. The van der Waals surface area contributed by atoms with Crippen LogP contribution in [0.5, 0.6) is 5.75 Å². The van der Waals surface area contributed by atoms with E-state index >= 15 is 0 Å². The van der Waals surface area contributed by atoms with Gasteiger partial charge in [0.15, 0.2) is 0 Å². The first kappa shape index (κ1) is 13.4. The van der Waals surface area contributed by atoms with Crippen molar-refractivity contribution in [3.05, 3.63) is 58.1 Å². The zero-order valence-corrected chi connectivity index (χ0v) is 11.7. The van der Waals surface area contributed by atoms with Gasteiger partial charge < -0.3 is 16.2 Å². The second-order valence-corrected chi connectivity index (χ2v) is 4.95. The molecule has 0 bridgehead atoms. The number of hydrogen-bond donors (Lipinski definition) is 2. The van der Waals surface area contributed by atoms with Crippen LogP contribution < -0.4 is 16.2 Å². The average Bonchev–Trinajstić information content (AvgIpc) is 2.39. The number of anilines is 1. The summed E-state index contributed by atoms with van der Waals surface area (Å²) in [5.74, 6) is -0.122. The number of benzene rings is 2. The lowest BCUT2D eigenvalue weighted by molar-refractivity contribution is 0.0996. The monoisotopic (exact) mass is 320 g/mol. The molecule has 0 saturated heterocycles. The molecule has 19 heavy (non-hydrogen) atoms. The second-order valence-electron chi connectivity index (χ2n) is 4.03. The summed E-state index contributed by atoms with van der Waals surface area (Å²) >= 11 is 3.36. The van der Waals surface area contributed by atoms with E-state index in [4.69, 9.17) is 16.2 Å². The number of rotatable bonds is 4. The molecule has 2 aromatic rings. The molecule has 0 atom stereocenters. The highest BCUT2D eigenvalue weighted by Gasteiger charge is 2.10. The number of hydrogen-bond acceptors (Lipinski definition) is 3. The molecule has 98 valence electrons. The minimum Gasteiger partial charge on any atom is -0.488 e. The molecule has 0 aromatic heterocycles. The molecule has 4 N–H and O–H groups in total. The molecule has 4 nitrogen and oxygen atoms in total. The maximum Gasteiger partial charge on any atom is 0.252 e. The number of nitrogens with two attached hydrogens (primary N) is 2. The van der Waals surface area contributed by atoms with Crippen molar-refractivity contribution in [2.75, 3.05) is 5.73 Å². The van der Waals surface area contributed by atoms with Crippen LogP contribution in [0.4, 0.5) is 5.69 Å². The van der Waals surface area contributed by atoms with E-state index in [0.717, 1.165) is 10.0 Å². The van der Waals surface area contributed by atoms with Gasteiger partial charge in [-0.3, -0.25) is 4.79 Å². The van der Waals surface area contributed by atoms with E-state index in [2.05, 4.69) is 15.9 Å². The smallest absolute Gasteiger partial charge is 0.252 e. The Morgan fingerprint density at radius 3 is 2.47 bits per heavy atom. The minimum absolute atomic E-state index is 0.289. The van der Waals surface area contributed by atoms with Crippen molar-refractivity contribution in [1.82, 2.24) is 0 Å². The average molecular weight is 321 g/mol. The summed E-state index contributed by atoms with van der Waals surface area (Å²) in [4.78, 5) is 11.3. The number of halogens is 1. The summed E-state index contributed by atoms with van der Waals surface area (Å²) in [5.41, 5.74) is 12.7. The highest BCUT2D eigenvalue weighted by Crippen LogP contribution is 2.22. The van der Waals surface area contributed by atoms with Crippen LogP contribution in [0.3, 0.4) is 0 Å². The number of nitrogen functional groups attached to an aromatic ring is 1. The molecule has 5 heteroatoms. The Hall–Kier alpha value is -2.01. The van der Waals surface area contributed by atoms with E-state index in [1.54, 1.807) is 12.1 Å². The van der Waals surface area contributed by atoms with Gasteiger partial charge in [-0.25, -0.2) is 0 Å². The first-order valence-electron chi connectivity index (χ1n) is 5.63. The van der Waals surface area contributed by atoms with Gasteiger partial charge >= 0.3 is 0 Å². The highest BCUT2D eigenvalue weighted by atomic mass is 79.9. The molecule has 0 saturated carbocycles. The molecule has 2 rings (SSSR count). The minimum atomic E-state index is -0.557. The third-order valence-electron chi connectivity index (χ3n) is 2.58. The molecular weight excluding hydrogens is 308 g/mol. The predicted octanol–water partition coefficient (Wildman–Crippen LogP) is 2.71. The third-order valence-corrected chi connectivity index (χ3v) is 3.11. The number of carbonyl (C=O) groups excluding carboxylic acids is 1. The van der Waals surface area contributed by atoms with E-state index in [0.29, 0.717) is 18.0 Å². The molecule has 0 aliphatic carbocycles. The van der Waals surface area contributed by atoms with Crippen LogP contribution >= 0.6 is 15.9 Å². The van der Waals surface area contributed by atoms with Gasteiger partial charge in [0.25, 0.3) is 5.91 Å². The lowest BCUT2D eigenvalue weighted by Gasteiger charge is -2.10.